The van der Waals surface area contributed by atoms with Crippen LogP contribution in [0.1, 0.15) is 5.56 Å². The molecule has 0 bridgehead atoms. The molecule has 0 fully saturated rings. The fourth-order valence-electron chi connectivity index (χ4n) is 2.51. The number of fused-ring (bicyclic) bond motifs is 1. The van der Waals surface area contributed by atoms with Crippen molar-refractivity contribution >= 4 is 26.6 Å². The molecule has 24 heavy (non-hydrogen) atoms. The van der Waals surface area contributed by atoms with Crippen molar-refractivity contribution in [3.8, 4) is 0 Å². The Hall–Kier alpha value is -2.54. The van der Waals surface area contributed by atoms with E-state index in [1.807, 2.05) is 24.1 Å². The first-order valence-corrected chi connectivity index (χ1v) is 9.39. The molecule has 0 amide bonds. The second-order valence-electron chi connectivity index (χ2n) is 5.68. The van der Waals surface area contributed by atoms with E-state index in [9.17, 15) is 8.42 Å². The zero-order chi connectivity index (χ0) is 17.2. The van der Waals surface area contributed by atoms with E-state index in [1.54, 1.807) is 30.6 Å². The van der Waals surface area contributed by atoms with Gasteiger partial charge in [-0.1, -0.05) is 0 Å². The maximum atomic E-state index is 11.8. The summed E-state index contributed by atoms with van der Waals surface area (Å²) >= 11 is 0. The van der Waals surface area contributed by atoms with E-state index >= 15 is 0 Å². The standard InChI is InChI=1S/C17H18N4O2S/c1-21(10-7-13-5-8-18-9-6-13)17-15-11-14(24(2,22)23)3-4-16(15)19-12-20-17/h3-6,8-9,11-12H,7,10H2,1-2H3. The number of hydrogen-bond donors (Lipinski definition) is 0. The smallest absolute Gasteiger partial charge is 0.175 e. The van der Waals surface area contributed by atoms with Crippen LogP contribution in [0, 0.1) is 0 Å². The van der Waals surface area contributed by atoms with Gasteiger partial charge in [0.2, 0.25) is 0 Å². The summed E-state index contributed by atoms with van der Waals surface area (Å²) in [6.07, 6.45) is 7.09. The zero-order valence-corrected chi connectivity index (χ0v) is 14.4. The van der Waals surface area contributed by atoms with Gasteiger partial charge in [-0.3, -0.25) is 4.98 Å². The van der Waals surface area contributed by atoms with Crippen LogP contribution in [0.3, 0.4) is 0 Å². The minimum atomic E-state index is -3.27. The Kier molecular flexibility index (Phi) is 4.44. The third-order valence-electron chi connectivity index (χ3n) is 3.86. The summed E-state index contributed by atoms with van der Waals surface area (Å²) in [4.78, 5) is 14.9. The lowest BCUT2D eigenvalue weighted by atomic mass is 10.2. The lowest BCUT2D eigenvalue weighted by Crippen LogP contribution is -2.22. The van der Waals surface area contributed by atoms with Gasteiger partial charge in [0.15, 0.2) is 9.84 Å². The molecule has 3 rings (SSSR count). The molecule has 6 nitrogen and oxygen atoms in total. The van der Waals surface area contributed by atoms with Crippen molar-refractivity contribution in [2.45, 2.75) is 11.3 Å². The molecule has 0 aliphatic heterocycles. The van der Waals surface area contributed by atoms with Gasteiger partial charge in [-0.05, 0) is 42.3 Å². The van der Waals surface area contributed by atoms with Crippen molar-refractivity contribution < 1.29 is 8.42 Å². The maximum Gasteiger partial charge on any atom is 0.175 e. The van der Waals surface area contributed by atoms with Gasteiger partial charge in [0.1, 0.15) is 12.1 Å². The van der Waals surface area contributed by atoms with Crippen molar-refractivity contribution in [1.29, 1.82) is 0 Å². The Balaban J connectivity index is 1.93. The lowest BCUT2D eigenvalue weighted by Gasteiger charge is -2.19. The van der Waals surface area contributed by atoms with Crippen LogP contribution in [-0.2, 0) is 16.3 Å². The van der Waals surface area contributed by atoms with Gasteiger partial charge in [0.05, 0.1) is 10.4 Å². The summed E-state index contributed by atoms with van der Waals surface area (Å²) in [5.41, 5.74) is 1.91. The van der Waals surface area contributed by atoms with E-state index in [2.05, 4.69) is 15.0 Å². The number of likely N-dealkylation sites (N-methyl/N-ethyl adjacent to an activating group) is 1. The molecule has 0 saturated carbocycles. The number of pyridine rings is 1. The molecular weight excluding hydrogens is 324 g/mol. The maximum absolute atomic E-state index is 11.8. The van der Waals surface area contributed by atoms with E-state index in [1.165, 1.54) is 18.1 Å². The Labute approximate surface area is 141 Å². The molecule has 2 aromatic heterocycles. The van der Waals surface area contributed by atoms with Crippen molar-refractivity contribution in [2.24, 2.45) is 0 Å². The van der Waals surface area contributed by atoms with E-state index < -0.39 is 9.84 Å². The van der Waals surface area contributed by atoms with Crippen molar-refractivity contribution in [2.75, 3.05) is 24.7 Å². The number of nitrogens with zero attached hydrogens (tertiary/aromatic N) is 4. The lowest BCUT2D eigenvalue weighted by molar-refractivity contribution is 0.602. The van der Waals surface area contributed by atoms with E-state index in [0.29, 0.717) is 0 Å². The normalized spacial score (nSPS) is 11.6. The quantitative estimate of drug-likeness (QED) is 0.707. The number of hydrogen-bond acceptors (Lipinski definition) is 6. The minimum Gasteiger partial charge on any atom is -0.359 e. The van der Waals surface area contributed by atoms with Crippen LogP contribution in [0.2, 0.25) is 0 Å². The average Bonchev–Trinajstić information content (AvgIpc) is 2.58. The summed E-state index contributed by atoms with van der Waals surface area (Å²) in [7, 11) is -1.33. The van der Waals surface area contributed by atoms with Gasteiger partial charge in [0, 0.05) is 37.6 Å². The van der Waals surface area contributed by atoms with Crippen LogP contribution >= 0.6 is 0 Å². The van der Waals surface area contributed by atoms with Gasteiger partial charge in [0.25, 0.3) is 0 Å². The summed E-state index contributed by atoms with van der Waals surface area (Å²) in [6, 6.07) is 8.89. The number of rotatable bonds is 5. The molecule has 0 radical (unpaired) electrons. The van der Waals surface area contributed by atoms with E-state index in [-0.39, 0.29) is 4.90 Å². The van der Waals surface area contributed by atoms with Crippen LogP contribution in [0.4, 0.5) is 5.82 Å². The topological polar surface area (TPSA) is 76.1 Å². The predicted octanol–water partition coefficient (Wildman–Crippen LogP) is 2.11. The van der Waals surface area contributed by atoms with Crippen molar-refractivity contribution in [1.82, 2.24) is 15.0 Å². The van der Waals surface area contributed by atoms with Crippen LogP contribution < -0.4 is 4.90 Å². The van der Waals surface area contributed by atoms with Gasteiger partial charge in [-0.2, -0.15) is 0 Å². The number of anilines is 1. The van der Waals surface area contributed by atoms with Crippen molar-refractivity contribution in [3.05, 3.63) is 54.6 Å². The second-order valence-corrected chi connectivity index (χ2v) is 7.69. The molecule has 3 aromatic rings. The van der Waals surface area contributed by atoms with Gasteiger partial charge in [-0.15, -0.1) is 0 Å². The zero-order valence-electron chi connectivity index (χ0n) is 13.5. The average molecular weight is 342 g/mol. The molecule has 0 aliphatic carbocycles. The van der Waals surface area contributed by atoms with Gasteiger partial charge in [-0.25, -0.2) is 18.4 Å². The molecule has 0 spiro atoms. The summed E-state index contributed by atoms with van der Waals surface area (Å²) in [6.45, 7) is 0.749. The predicted molar refractivity (Wildman–Crippen MR) is 93.9 cm³/mol. The fourth-order valence-corrected chi connectivity index (χ4v) is 3.16. The first-order valence-electron chi connectivity index (χ1n) is 7.50. The molecule has 2 heterocycles. The highest BCUT2D eigenvalue weighted by Gasteiger charge is 2.13. The van der Waals surface area contributed by atoms with E-state index in [4.69, 9.17) is 0 Å². The summed E-state index contributed by atoms with van der Waals surface area (Å²) in [5, 5.41) is 0.734. The number of sulfone groups is 1. The molecule has 7 heteroatoms. The molecule has 1 aromatic carbocycles. The van der Waals surface area contributed by atoms with Crippen LogP contribution in [-0.4, -0.2) is 43.2 Å². The molecule has 0 unspecified atom stereocenters. The first-order chi connectivity index (χ1) is 11.4. The van der Waals surface area contributed by atoms with Crippen LogP contribution in [0.25, 0.3) is 10.9 Å². The molecular formula is C17H18N4O2S. The highest BCUT2D eigenvalue weighted by Crippen LogP contribution is 2.25. The summed E-state index contributed by atoms with van der Waals surface area (Å²) in [5.74, 6) is 0.722. The largest absolute Gasteiger partial charge is 0.359 e. The molecule has 0 aliphatic rings. The fraction of sp³-hybridized carbons (Fsp3) is 0.235. The Morgan fingerprint density at radius 2 is 1.83 bits per heavy atom. The number of benzene rings is 1. The first kappa shape index (κ1) is 16.3. The van der Waals surface area contributed by atoms with Crippen molar-refractivity contribution in [3.63, 3.8) is 0 Å². The summed E-state index contributed by atoms with van der Waals surface area (Å²) < 4.78 is 23.6. The monoisotopic (exact) mass is 342 g/mol. The van der Waals surface area contributed by atoms with Crippen LogP contribution in [0.5, 0.6) is 0 Å². The van der Waals surface area contributed by atoms with E-state index in [0.717, 1.165) is 29.7 Å². The van der Waals surface area contributed by atoms with Gasteiger partial charge < -0.3 is 4.90 Å². The third kappa shape index (κ3) is 3.51. The molecule has 0 atom stereocenters. The number of aromatic nitrogens is 3. The Bertz CT molecular complexity index is 959. The minimum absolute atomic E-state index is 0.272. The highest BCUT2D eigenvalue weighted by atomic mass is 32.2. The Morgan fingerprint density at radius 3 is 2.54 bits per heavy atom. The van der Waals surface area contributed by atoms with Crippen LogP contribution in [0.15, 0.2) is 53.9 Å². The third-order valence-corrected chi connectivity index (χ3v) is 4.97. The molecule has 0 saturated heterocycles. The Morgan fingerprint density at radius 1 is 1.08 bits per heavy atom. The SMILES string of the molecule is CN(CCc1ccncc1)c1ncnc2ccc(S(C)(=O)=O)cc12. The molecule has 124 valence electrons. The molecule has 0 N–H and O–H groups in total. The second kappa shape index (κ2) is 6.52. The van der Waals surface area contributed by atoms with Gasteiger partial charge >= 0.3 is 0 Å². The highest BCUT2D eigenvalue weighted by molar-refractivity contribution is 7.90.